The molecule has 3 aromatic carbocycles. The average Bonchev–Trinajstić information content (AvgIpc) is 3.07. The van der Waals surface area contributed by atoms with Gasteiger partial charge in [-0.2, -0.15) is 30.7 Å². The molecule has 0 aliphatic carbocycles. The van der Waals surface area contributed by atoms with Crippen LogP contribution in [0.2, 0.25) is 0 Å². The summed E-state index contributed by atoms with van der Waals surface area (Å²) in [4.78, 5) is 12.6. The number of alkyl halides is 7. The number of carbonyl (C=O) groups excluding carboxylic acids is 1. The highest BCUT2D eigenvalue weighted by Gasteiger charge is 2.72. The highest BCUT2D eigenvalue weighted by molar-refractivity contribution is 5.91. The van der Waals surface area contributed by atoms with Gasteiger partial charge in [-0.05, 0) is 73.6 Å². The first-order valence-corrected chi connectivity index (χ1v) is 16.5. The molecule has 0 heterocycles. The molecule has 0 aliphatic heterocycles. The molecule has 276 valence electrons. The molecular formula is C37H42F8O5. The number of ether oxygens (including phenoxy) is 4. The van der Waals surface area contributed by atoms with Gasteiger partial charge in [-0.15, -0.1) is 0 Å². The highest BCUT2D eigenvalue weighted by Crippen LogP contribution is 2.46. The van der Waals surface area contributed by atoms with Crippen molar-refractivity contribution in [2.45, 2.75) is 95.9 Å². The minimum atomic E-state index is -6.40. The van der Waals surface area contributed by atoms with E-state index >= 15 is 0 Å². The highest BCUT2D eigenvalue weighted by atomic mass is 19.4. The first-order valence-electron chi connectivity index (χ1n) is 16.5. The van der Waals surface area contributed by atoms with Crippen LogP contribution >= 0.6 is 0 Å². The molecule has 0 amide bonds. The van der Waals surface area contributed by atoms with Crippen molar-refractivity contribution < 1.29 is 58.9 Å². The number of hydrogen-bond acceptors (Lipinski definition) is 5. The van der Waals surface area contributed by atoms with Crippen molar-refractivity contribution in [2.24, 2.45) is 0 Å². The molecule has 0 spiro atoms. The number of halogens is 8. The third kappa shape index (κ3) is 12.3. The lowest BCUT2D eigenvalue weighted by Gasteiger charge is -2.27. The van der Waals surface area contributed by atoms with E-state index in [1.165, 1.54) is 37.8 Å². The Kier molecular flexibility index (Phi) is 15.5. The molecule has 0 N–H and O–H groups in total. The van der Waals surface area contributed by atoms with Crippen LogP contribution in [0.15, 0.2) is 66.7 Å². The summed E-state index contributed by atoms with van der Waals surface area (Å²) in [6.07, 6.45) is 0.375. The van der Waals surface area contributed by atoms with E-state index in [-0.39, 0.29) is 36.2 Å². The van der Waals surface area contributed by atoms with Gasteiger partial charge in [-0.3, -0.25) is 0 Å². The van der Waals surface area contributed by atoms with Crippen molar-refractivity contribution in [1.82, 2.24) is 0 Å². The van der Waals surface area contributed by atoms with Crippen molar-refractivity contribution in [2.75, 3.05) is 19.8 Å². The lowest BCUT2D eigenvalue weighted by Crippen LogP contribution is -2.54. The molecule has 0 bridgehead atoms. The first-order chi connectivity index (χ1) is 23.6. The van der Waals surface area contributed by atoms with Gasteiger partial charge in [-0.1, -0.05) is 69.0 Å². The van der Waals surface area contributed by atoms with Gasteiger partial charge in [0.05, 0.1) is 24.9 Å². The van der Waals surface area contributed by atoms with E-state index in [0.29, 0.717) is 19.4 Å². The first kappa shape index (κ1) is 40.7. The van der Waals surface area contributed by atoms with Crippen LogP contribution in [0.25, 0.3) is 11.1 Å². The molecule has 0 aliphatic rings. The van der Waals surface area contributed by atoms with Gasteiger partial charge < -0.3 is 18.9 Å². The predicted molar refractivity (Wildman–Crippen MR) is 172 cm³/mol. The minimum absolute atomic E-state index is 0.0484. The topological polar surface area (TPSA) is 54.0 Å². The summed E-state index contributed by atoms with van der Waals surface area (Å²) in [6, 6.07) is 18.3. The Bertz CT molecular complexity index is 1460. The standard InChI is InChI=1S/C37H42F8O5/c1-3-4-5-7-10-26(2)49-24-27-11-13-28(14-12-27)29-15-17-30(18-16-29)50-34(46)32-20-19-31(23-33(32)38)48-22-9-6-8-21-47-25-35(39,40)36(41,42)37(43,44)45/h11-20,23,26H,3-10,21-22,24-25H2,1-2H3/t26-/m0/s1. The maximum Gasteiger partial charge on any atom is 0.459 e. The predicted octanol–water partition coefficient (Wildman–Crippen LogP) is 11.0. The Morgan fingerprint density at radius 1 is 0.740 bits per heavy atom. The van der Waals surface area contributed by atoms with Crippen LogP contribution in [0.5, 0.6) is 11.5 Å². The zero-order valence-corrected chi connectivity index (χ0v) is 28.0. The molecule has 3 rings (SSSR count). The Hall–Kier alpha value is -3.71. The lowest BCUT2D eigenvalue weighted by atomic mass is 10.0. The molecular weight excluding hydrogens is 676 g/mol. The average molecular weight is 719 g/mol. The largest absolute Gasteiger partial charge is 0.493 e. The van der Waals surface area contributed by atoms with Crippen LogP contribution in [-0.2, 0) is 16.1 Å². The second kappa shape index (κ2) is 19.1. The molecule has 50 heavy (non-hydrogen) atoms. The van der Waals surface area contributed by atoms with Crippen molar-refractivity contribution in [3.8, 4) is 22.6 Å². The van der Waals surface area contributed by atoms with Gasteiger partial charge in [0.1, 0.15) is 23.9 Å². The Balaban J connectivity index is 1.38. The van der Waals surface area contributed by atoms with Crippen molar-refractivity contribution in [1.29, 1.82) is 0 Å². The molecule has 0 fully saturated rings. The fourth-order valence-electron chi connectivity index (χ4n) is 4.77. The molecule has 0 saturated heterocycles. The Labute approximate surface area is 286 Å². The summed E-state index contributed by atoms with van der Waals surface area (Å²) < 4.78 is 124. The van der Waals surface area contributed by atoms with Crippen LogP contribution in [-0.4, -0.2) is 49.9 Å². The van der Waals surface area contributed by atoms with Crippen LogP contribution in [0.1, 0.15) is 81.1 Å². The summed E-state index contributed by atoms with van der Waals surface area (Å²) in [6.45, 7) is 2.31. The van der Waals surface area contributed by atoms with Gasteiger partial charge in [0.25, 0.3) is 0 Å². The van der Waals surface area contributed by atoms with Gasteiger partial charge in [0, 0.05) is 12.7 Å². The number of carbonyl (C=O) groups is 1. The maximum atomic E-state index is 14.7. The van der Waals surface area contributed by atoms with Crippen molar-refractivity contribution in [3.05, 3.63) is 83.7 Å². The number of unbranched alkanes of at least 4 members (excludes halogenated alkanes) is 5. The number of benzene rings is 3. The third-order valence-electron chi connectivity index (χ3n) is 7.81. The quantitative estimate of drug-likeness (QED) is 0.0475. The molecule has 3 aromatic rings. The Morgan fingerprint density at radius 2 is 1.34 bits per heavy atom. The van der Waals surface area contributed by atoms with Crippen LogP contribution < -0.4 is 9.47 Å². The molecule has 0 saturated carbocycles. The zero-order chi connectivity index (χ0) is 36.8. The van der Waals surface area contributed by atoms with E-state index < -0.39 is 43.0 Å². The summed E-state index contributed by atoms with van der Waals surface area (Å²) in [5.41, 5.74) is 2.61. The van der Waals surface area contributed by atoms with Gasteiger partial charge >= 0.3 is 24.0 Å². The van der Waals surface area contributed by atoms with Crippen molar-refractivity contribution >= 4 is 5.97 Å². The van der Waals surface area contributed by atoms with E-state index in [0.717, 1.165) is 29.2 Å². The SMILES string of the molecule is CCCCCC[C@H](C)OCc1ccc(-c2ccc(OC(=O)c3ccc(OCCCCCOCC(F)(F)C(F)(F)C(F)(F)F)cc3F)cc2)cc1. The van der Waals surface area contributed by atoms with Crippen LogP contribution in [0.4, 0.5) is 35.1 Å². The van der Waals surface area contributed by atoms with Crippen molar-refractivity contribution in [3.63, 3.8) is 0 Å². The number of esters is 1. The molecule has 0 aromatic heterocycles. The van der Waals surface area contributed by atoms with Gasteiger partial charge in [-0.25, -0.2) is 9.18 Å². The van der Waals surface area contributed by atoms with Crippen LogP contribution in [0.3, 0.4) is 0 Å². The zero-order valence-electron chi connectivity index (χ0n) is 28.0. The smallest absolute Gasteiger partial charge is 0.459 e. The van der Waals surface area contributed by atoms with E-state index in [4.69, 9.17) is 14.2 Å². The fourth-order valence-corrected chi connectivity index (χ4v) is 4.77. The molecule has 13 heteroatoms. The lowest BCUT2D eigenvalue weighted by molar-refractivity contribution is -0.361. The molecule has 5 nitrogen and oxygen atoms in total. The van der Waals surface area contributed by atoms with Crippen LogP contribution in [0, 0.1) is 5.82 Å². The normalized spacial score (nSPS) is 12.9. The van der Waals surface area contributed by atoms with E-state index in [1.54, 1.807) is 24.3 Å². The minimum Gasteiger partial charge on any atom is -0.493 e. The van der Waals surface area contributed by atoms with Gasteiger partial charge in [0.15, 0.2) is 0 Å². The molecule has 0 radical (unpaired) electrons. The third-order valence-corrected chi connectivity index (χ3v) is 7.81. The monoisotopic (exact) mass is 718 g/mol. The Morgan fingerprint density at radius 3 is 1.96 bits per heavy atom. The summed E-state index contributed by atoms with van der Waals surface area (Å²) in [5.74, 6) is -13.1. The summed E-state index contributed by atoms with van der Waals surface area (Å²) in [5, 5.41) is 0. The van der Waals surface area contributed by atoms with E-state index in [1.807, 2.05) is 24.3 Å². The summed E-state index contributed by atoms with van der Waals surface area (Å²) in [7, 11) is 0. The van der Waals surface area contributed by atoms with Gasteiger partial charge in [0.2, 0.25) is 0 Å². The maximum absolute atomic E-state index is 14.7. The summed E-state index contributed by atoms with van der Waals surface area (Å²) >= 11 is 0. The molecule has 1 atom stereocenters. The second-order valence-corrected chi connectivity index (χ2v) is 12.0. The van der Waals surface area contributed by atoms with E-state index in [2.05, 4.69) is 18.6 Å². The number of rotatable bonds is 21. The number of hydrogen-bond donors (Lipinski definition) is 0. The molecule has 0 unspecified atom stereocenters. The second-order valence-electron chi connectivity index (χ2n) is 12.0. The fraction of sp³-hybridized carbons (Fsp3) is 0.486. The van der Waals surface area contributed by atoms with E-state index in [9.17, 15) is 39.9 Å².